The van der Waals surface area contributed by atoms with Gasteiger partial charge >= 0.3 is 0 Å². The van der Waals surface area contributed by atoms with Gasteiger partial charge in [-0.2, -0.15) is 0 Å². The Kier molecular flexibility index (Phi) is 6.85. The van der Waals surface area contributed by atoms with E-state index >= 15 is 0 Å². The quantitative estimate of drug-likeness (QED) is 0.666. The van der Waals surface area contributed by atoms with Crippen LogP contribution < -0.4 is 10.6 Å². The highest BCUT2D eigenvalue weighted by Crippen LogP contribution is 2.13. The molecule has 0 saturated carbocycles. The van der Waals surface area contributed by atoms with E-state index in [1.165, 1.54) is 0 Å². The van der Waals surface area contributed by atoms with E-state index in [0.29, 0.717) is 12.2 Å². The highest BCUT2D eigenvalue weighted by atomic mass is 16.1. The number of allylic oxidation sites excluding steroid dienone is 1. The maximum Gasteiger partial charge on any atom is 0.225 e. The Morgan fingerprint density at radius 1 is 0.913 bits per heavy atom. The Bertz CT molecular complexity index is 556. The van der Waals surface area contributed by atoms with Crippen LogP contribution in [0.15, 0.2) is 67.0 Å². The number of para-hydroxylation sites is 1. The van der Waals surface area contributed by atoms with Crippen LogP contribution in [0.3, 0.4) is 0 Å². The van der Waals surface area contributed by atoms with Crippen molar-refractivity contribution in [3.63, 3.8) is 0 Å². The lowest BCUT2D eigenvalue weighted by molar-refractivity contribution is -0.116. The minimum atomic E-state index is 0.0185. The number of benzene rings is 1. The molecule has 4 nitrogen and oxygen atoms in total. The van der Waals surface area contributed by atoms with Crippen molar-refractivity contribution in [3.05, 3.63) is 67.0 Å². The molecule has 0 unspecified atom stereocenters. The zero-order valence-electron chi connectivity index (χ0n) is 13.3. The summed E-state index contributed by atoms with van der Waals surface area (Å²) in [6.07, 6.45) is 6.00. The molecule has 4 heteroatoms. The number of nitrogens with zero attached hydrogens (tertiary/aromatic N) is 1. The molecule has 1 amide bonds. The standard InChI is InChI=1S/C19H23N3O/c1-16(21-17-11-5-3-6-12-17)10-4-2-7-14-19(23)22-18-13-8-9-15-20-18/h3,5-6,8-9,11-13,15,21H,1-2,4,7,10,14H2,(H,20,22,23). The molecule has 1 aromatic heterocycles. The third kappa shape index (κ3) is 6.78. The SMILES string of the molecule is C=C(CCCCCC(=O)Nc1ccccn1)Nc1ccccc1. The van der Waals surface area contributed by atoms with Crippen molar-refractivity contribution in [3.8, 4) is 0 Å². The van der Waals surface area contributed by atoms with Crippen LogP contribution in [0.1, 0.15) is 32.1 Å². The summed E-state index contributed by atoms with van der Waals surface area (Å²) >= 11 is 0. The third-order valence-corrected chi connectivity index (χ3v) is 3.41. The van der Waals surface area contributed by atoms with E-state index in [-0.39, 0.29) is 5.91 Å². The van der Waals surface area contributed by atoms with Crippen LogP contribution in [0.5, 0.6) is 0 Å². The first-order chi connectivity index (χ1) is 11.2. The highest BCUT2D eigenvalue weighted by Gasteiger charge is 2.03. The Labute approximate surface area is 137 Å². The summed E-state index contributed by atoms with van der Waals surface area (Å²) in [5, 5.41) is 6.09. The number of pyridine rings is 1. The fourth-order valence-electron chi connectivity index (χ4n) is 2.23. The smallest absolute Gasteiger partial charge is 0.225 e. The second-order valence-corrected chi connectivity index (χ2v) is 5.42. The largest absolute Gasteiger partial charge is 0.359 e. The Morgan fingerprint density at radius 2 is 1.65 bits per heavy atom. The number of hydrogen-bond acceptors (Lipinski definition) is 3. The summed E-state index contributed by atoms with van der Waals surface area (Å²) in [6, 6.07) is 15.5. The van der Waals surface area contributed by atoms with Gasteiger partial charge in [-0.05, 0) is 43.5 Å². The molecule has 2 aromatic rings. The van der Waals surface area contributed by atoms with Gasteiger partial charge in [-0.1, -0.05) is 37.3 Å². The number of anilines is 2. The fraction of sp³-hybridized carbons (Fsp3) is 0.263. The van der Waals surface area contributed by atoms with Gasteiger partial charge in [-0.3, -0.25) is 4.79 Å². The molecule has 0 aliphatic heterocycles. The molecular weight excluding hydrogens is 286 g/mol. The molecule has 0 bridgehead atoms. The Morgan fingerprint density at radius 3 is 2.39 bits per heavy atom. The molecule has 0 atom stereocenters. The van der Waals surface area contributed by atoms with Gasteiger partial charge in [0, 0.05) is 24.0 Å². The second kappa shape index (κ2) is 9.41. The maximum absolute atomic E-state index is 11.8. The van der Waals surface area contributed by atoms with Crippen molar-refractivity contribution in [2.75, 3.05) is 10.6 Å². The van der Waals surface area contributed by atoms with Crippen LogP contribution >= 0.6 is 0 Å². The van der Waals surface area contributed by atoms with Crippen molar-refractivity contribution >= 4 is 17.4 Å². The summed E-state index contributed by atoms with van der Waals surface area (Å²) < 4.78 is 0. The molecule has 0 aliphatic carbocycles. The van der Waals surface area contributed by atoms with Gasteiger partial charge in [0.15, 0.2) is 0 Å². The first kappa shape index (κ1) is 16.7. The molecule has 120 valence electrons. The van der Waals surface area contributed by atoms with Gasteiger partial charge in [0.25, 0.3) is 0 Å². The monoisotopic (exact) mass is 309 g/mol. The number of hydrogen-bond donors (Lipinski definition) is 2. The summed E-state index contributed by atoms with van der Waals surface area (Å²) in [4.78, 5) is 15.8. The predicted octanol–water partition coefficient (Wildman–Crippen LogP) is 4.60. The molecule has 0 saturated heterocycles. The van der Waals surface area contributed by atoms with Gasteiger partial charge in [0.2, 0.25) is 5.91 Å². The van der Waals surface area contributed by atoms with E-state index in [1.54, 1.807) is 12.3 Å². The minimum absolute atomic E-state index is 0.0185. The summed E-state index contributed by atoms with van der Waals surface area (Å²) in [5.41, 5.74) is 2.07. The van der Waals surface area contributed by atoms with E-state index in [9.17, 15) is 4.79 Å². The summed E-state index contributed by atoms with van der Waals surface area (Å²) in [7, 11) is 0. The van der Waals surface area contributed by atoms with Crippen molar-refractivity contribution in [1.29, 1.82) is 0 Å². The molecule has 1 heterocycles. The van der Waals surface area contributed by atoms with E-state index in [0.717, 1.165) is 37.1 Å². The molecule has 23 heavy (non-hydrogen) atoms. The summed E-state index contributed by atoms with van der Waals surface area (Å²) in [6.45, 7) is 4.04. The van der Waals surface area contributed by atoms with Crippen molar-refractivity contribution < 1.29 is 4.79 Å². The lowest BCUT2D eigenvalue weighted by atomic mass is 10.1. The van der Waals surface area contributed by atoms with Crippen LogP contribution in [0.2, 0.25) is 0 Å². The van der Waals surface area contributed by atoms with Crippen LogP contribution in [-0.4, -0.2) is 10.9 Å². The van der Waals surface area contributed by atoms with Gasteiger partial charge in [0.1, 0.15) is 5.82 Å². The average molecular weight is 309 g/mol. The first-order valence-electron chi connectivity index (χ1n) is 7.95. The number of aromatic nitrogens is 1. The van der Waals surface area contributed by atoms with Gasteiger partial charge in [0.05, 0.1) is 0 Å². The number of carbonyl (C=O) groups is 1. The van der Waals surface area contributed by atoms with Crippen LogP contribution in [0.4, 0.5) is 11.5 Å². The number of rotatable bonds is 9. The lowest BCUT2D eigenvalue weighted by Crippen LogP contribution is -2.11. The molecule has 2 rings (SSSR count). The van der Waals surface area contributed by atoms with Crippen molar-refractivity contribution in [2.24, 2.45) is 0 Å². The van der Waals surface area contributed by atoms with E-state index in [2.05, 4.69) is 22.2 Å². The normalized spacial score (nSPS) is 10.1. The lowest BCUT2D eigenvalue weighted by Gasteiger charge is -2.09. The fourth-order valence-corrected chi connectivity index (χ4v) is 2.23. The highest BCUT2D eigenvalue weighted by molar-refractivity contribution is 5.89. The number of nitrogens with one attached hydrogen (secondary N) is 2. The maximum atomic E-state index is 11.8. The zero-order chi connectivity index (χ0) is 16.3. The molecule has 0 radical (unpaired) electrons. The van der Waals surface area contributed by atoms with Crippen molar-refractivity contribution in [2.45, 2.75) is 32.1 Å². The molecular formula is C19H23N3O. The topological polar surface area (TPSA) is 54.0 Å². The number of amides is 1. The molecule has 2 N–H and O–H groups in total. The summed E-state index contributed by atoms with van der Waals surface area (Å²) in [5.74, 6) is 0.628. The Balaban J connectivity index is 1.55. The first-order valence-corrected chi connectivity index (χ1v) is 7.95. The zero-order valence-corrected chi connectivity index (χ0v) is 13.3. The van der Waals surface area contributed by atoms with Crippen LogP contribution in [-0.2, 0) is 4.79 Å². The van der Waals surface area contributed by atoms with E-state index in [1.807, 2.05) is 42.5 Å². The third-order valence-electron chi connectivity index (χ3n) is 3.41. The molecule has 0 spiro atoms. The number of carbonyl (C=O) groups excluding carboxylic acids is 1. The Hall–Kier alpha value is -2.62. The van der Waals surface area contributed by atoms with E-state index < -0.39 is 0 Å². The minimum Gasteiger partial charge on any atom is -0.359 e. The van der Waals surface area contributed by atoms with Gasteiger partial charge in [-0.25, -0.2) is 4.98 Å². The van der Waals surface area contributed by atoms with Crippen molar-refractivity contribution in [1.82, 2.24) is 4.98 Å². The van der Waals surface area contributed by atoms with Crippen LogP contribution in [0, 0.1) is 0 Å². The molecule has 0 aliphatic rings. The second-order valence-electron chi connectivity index (χ2n) is 5.42. The predicted molar refractivity (Wildman–Crippen MR) is 95.2 cm³/mol. The molecule has 0 fully saturated rings. The number of unbranched alkanes of at least 4 members (excludes halogenated alkanes) is 2. The van der Waals surface area contributed by atoms with Gasteiger partial charge in [-0.15, -0.1) is 0 Å². The average Bonchev–Trinajstić information content (AvgIpc) is 2.56. The molecule has 1 aromatic carbocycles. The van der Waals surface area contributed by atoms with Gasteiger partial charge < -0.3 is 10.6 Å². The van der Waals surface area contributed by atoms with Crippen LogP contribution in [0.25, 0.3) is 0 Å². The van der Waals surface area contributed by atoms with E-state index in [4.69, 9.17) is 0 Å².